The van der Waals surface area contributed by atoms with Crippen LogP contribution in [0.1, 0.15) is 19.2 Å². The third kappa shape index (κ3) is 2.14. The topological polar surface area (TPSA) is 43.1 Å². The van der Waals surface area contributed by atoms with E-state index in [1.54, 1.807) is 11.3 Å². The molecule has 0 fully saturated rings. The van der Waals surface area contributed by atoms with E-state index in [4.69, 9.17) is 0 Å². The number of fused-ring (bicyclic) bond motifs is 1. The number of hydrogen-bond acceptors (Lipinski definition) is 4. The maximum atomic E-state index is 4.60. The lowest BCUT2D eigenvalue weighted by Crippen LogP contribution is -1.95. The van der Waals surface area contributed by atoms with E-state index in [0.29, 0.717) is 0 Å². The molecule has 0 aliphatic rings. The van der Waals surface area contributed by atoms with E-state index in [-0.39, 0.29) is 0 Å². The number of nitrogens with zero attached hydrogens (tertiary/aromatic N) is 4. The van der Waals surface area contributed by atoms with Crippen LogP contribution in [0.4, 0.5) is 0 Å². The summed E-state index contributed by atoms with van der Waals surface area (Å²) in [6.45, 7) is 2.13. The molecule has 92 valence electrons. The molecule has 4 nitrogen and oxygen atoms in total. The van der Waals surface area contributed by atoms with Crippen molar-refractivity contribution >= 4 is 38.9 Å². The van der Waals surface area contributed by atoms with E-state index < -0.39 is 0 Å². The summed E-state index contributed by atoms with van der Waals surface area (Å²) in [4.78, 5) is 0.868. The Kier molecular flexibility index (Phi) is 3.29. The first-order valence-corrected chi connectivity index (χ1v) is 7.64. The number of benzene rings is 1. The molecule has 0 saturated heterocycles. The molecule has 6 heteroatoms. The highest BCUT2D eigenvalue weighted by Gasteiger charge is 2.11. The lowest BCUT2D eigenvalue weighted by molar-refractivity contribution is 0.778. The molecule has 3 aromatic rings. The van der Waals surface area contributed by atoms with Crippen LogP contribution in [0.25, 0.3) is 15.5 Å². The first kappa shape index (κ1) is 12.0. The zero-order valence-corrected chi connectivity index (χ0v) is 12.8. The highest BCUT2D eigenvalue weighted by Crippen LogP contribution is 2.26. The van der Waals surface area contributed by atoms with E-state index in [1.807, 2.05) is 4.52 Å². The summed E-state index contributed by atoms with van der Waals surface area (Å²) >= 11 is 3.88. The van der Waals surface area contributed by atoms with Crippen molar-refractivity contribution in [2.75, 3.05) is 0 Å². The average molecular weight is 370 g/mol. The molecule has 2 heterocycles. The van der Waals surface area contributed by atoms with Crippen LogP contribution in [0.5, 0.6) is 0 Å². The molecule has 3 rings (SSSR count). The fourth-order valence-corrected chi connectivity index (χ4v) is 2.97. The molecule has 0 atom stereocenters. The Morgan fingerprint density at radius 3 is 2.72 bits per heavy atom. The Morgan fingerprint density at radius 2 is 2.00 bits per heavy atom. The number of aryl methyl sites for hydroxylation is 1. The minimum absolute atomic E-state index is 0.868. The Hall–Kier alpha value is -1.02. The molecule has 0 saturated carbocycles. The Bertz CT molecular complexity index is 671. The summed E-state index contributed by atoms with van der Waals surface area (Å²) in [7, 11) is 0. The van der Waals surface area contributed by atoms with Crippen molar-refractivity contribution in [2.24, 2.45) is 0 Å². The standard InChI is InChI=1S/C12H11IN4S/c1-2-3-10-14-15-12-17(10)16-11(18-12)8-4-6-9(13)7-5-8/h4-7H,2-3H2,1H3. The smallest absolute Gasteiger partial charge is 0.187 e. The highest BCUT2D eigenvalue weighted by molar-refractivity contribution is 14.1. The van der Waals surface area contributed by atoms with Gasteiger partial charge in [0.05, 0.1) is 0 Å². The van der Waals surface area contributed by atoms with Gasteiger partial charge in [-0.2, -0.15) is 9.61 Å². The molecule has 0 aliphatic carbocycles. The normalized spacial score (nSPS) is 11.2. The molecule has 0 N–H and O–H groups in total. The maximum absolute atomic E-state index is 4.60. The molecule has 18 heavy (non-hydrogen) atoms. The first-order valence-electron chi connectivity index (χ1n) is 5.75. The summed E-state index contributed by atoms with van der Waals surface area (Å²) in [6.07, 6.45) is 1.97. The van der Waals surface area contributed by atoms with Gasteiger partial charge in [-0.15, -0.1) is 10.2 Å². The van der Waals surface area contributed by atoms with E-state index in [0.717, 1.165) is 34.2 Å². The van der Waals surface area contributed by atoms with Crippen LogP contribution in [0.3, 0.4) is 0 Å². The molecule has 0 aliphatic heterocycles. The van der Waals surface area contributed by atoms with E-state index in [9.17, 15) is 0 Å². The van der Waals surface area contributed by atoms with Crippen LogP contribution in [0.15, 0.2) is 24.3 Å². The monoisotopic (exact) mass is 370 g/mol. The Morgan fingerprint density at radius 1 is 1.22 bits per heavy atom. The second kappa shape index (κ2) is 4.93. The van der Waals surface area contributed by atoms with Gasteiger partial charge in [0.15, 0.2) is 5.82 Å². The number of rotatable bonds is 3. The van der Waals surface area contributed by atoms with Gasteiger partial charge in [-0.3, -0.25) is 0 Å². The van der Waals surface area contributed by atoms with Gasteiger partial charge in [-0.1, -0.05) is 30.4 Å². The van der Waals surface area contributed by atoms with Gasteiger partial charge in [0.2, 0.25) is 4.96 Å². The average Bonchev–Trinajstić information content (AvgIpc) is 2.93. The quantitative estimate of drug-likeness (QED) is 0.664. The number of hydrogen-bond donors (Lipinski definition) is 0. The molecule has 2 aromatic heterocycles. The van der Waals surface area contributed by atoms with Crippen molar-refractivity contribution in [2.45, 2.75) is 19.8 Å². The molecule has 0 amide bonds. The van der Waals surface area contributed by atoms with Crippen molar-refractivity contribution in [1.29, 1.82) is 0 Å². The third-order valence-electron chi connectivity index (χ3n) is 2.62. The fourth-order valence-electron chi connectivity index (χ4n) is 1.75. The van der Waals surface area contributed by atoms with E-state index >= 15 is 0 Å². The second-order valence-corrected chi connectivity index (χ2v) is 6.18. The summed E-state index contributed by atoms with van der Waals surface area (Å²) in [5.74, 6) is 0.945. The Balaban J connectivity index is 2.05. The molecular weight excluding hydrogens is 359 g/mol. The van der Waals surface area contributed by atoms with Crippen molar-refractivity contribution < 1.29 is 0 Å². The van der Waals surface area contributed by atoms with Crippen molar-refractivity contribution in [1.82, 2.24) is 19.8 Å². The molecule has 0 bridgehead atoms. The van der Waals surface area contributed by atoms with Crippen LogP contribution in [-0.2, 0) is 6.42 Å². The van der Waals surface area contributed by atoms with Crippen molar-refractivity contribution in [3.8, 4) is 10.6 Å². The summed E-state index contributed by atoms with van der Waals surface area (Å²) in [6, 6.07) is 8.36. The van der Waals surface area contributed by atoms with Gasteiger partial charge < -0.3 is 0 Å². The second-order valence-electron chi connectivity index (χ2n) is 3.97. The first-order chi connectivity index (χ1) is 8.78. The maximum Gasteiger partial charge on any atom is 0.234 e. The van der Waals surface area contributed by atoms with Gasteiger partial charge in [0.25, 0.3) is 0 Å². The van der Waals surface area contributed by atoms with E-state index in [1.165, 1.54) is 3.57 Å². The van der Waals surface area contributed by atoms with Crippen LogP contribution in [-0.4, -0.2) is 19.8 Å². The highest BCUT2D eigenvalue weighted by atomic mass is 127. The summed E-state index contributed by atoms with van der Waals surface area (Å²) in [5.41, 5.74) is 1.13. The number of halogens is 1. The van der Waals surface area contributed by atoms with Gasteiger partial charge >= 0.3 is 0 Å². The van der Waals surface area contributed by atoms with Gasteiger partial charge in [0.1, 0.15) is 5.01 Å². The minimum atomic E-state index is 0.868. The van der Waals surface area contributed by atoms with Gasteiger partial charge in [0, 0.05) is 15.6 Å². The van der Waals surface area contributed by atoms with Crippen LogP contribution >= 0.6 is 33.9 Å². The minimum Gasteiger partial charge on any atom is -0.187 e. The van der Waals surface area contributed by atoms with Crippen molar-refractivity contribution in [3.05, 3.63) is 33.7 Å². The fraction of sp³-hybridized carbons (Fsp3) is 0.250. The predicted molar refractivity (Wildman–Crippen MR) is 80.8 cm³/mol. The zero-order valence-electron chi connectivity index (χ0n) is 9.80. The largest absolute Gasteiger partial charge is 0.234 e. The van der Waals surface area contributed by atoms with Gasteiger partial charge in [-0.25, -0.2) is 0 Å². The van der Waals surface area contributed by atoms with Crippen LogP contribution in [0, 0.1) is 3.57 Å². The molecule has 0 radical (unpaired) electrons. The van der Waals surface area contributed by atoms with Crippen LogP contribution < -0.4 is 0 Å². The molecular formula is C12H11IN4S. The molecule has 1 aromatic carbocycles. The SMILES string of the molecule is CCCc1nnc2sc(-c3ccc(I)cc3)nn12. The third-order valence-corrected chi connectivity index (χ3v) is 4.29. The zero-order chi connectivity index (χ0) is 12.5. The lowest BCUT2D eigenvalue weighted by atomic mass is 10.2. The van der Waals surface area contributed by atoms with E-state index in [2.05, 4.69) is 69.1 Å². The summed E-state index contributed by atoms with van der Waals surface area (Å²) < 4.78 is 3.09. The Labute approximate surface area is 122 Å². The summed E-state index contributed by atoms with van der Waals surface area (Å²) in [5, 5.41) is 13.9. The van der Waals surface area contributed by atoms with Crippen molar-refractivity contribution in [3.63, 3.8) is 0 Å². The number of aromatic nitrogens is 4. The lowest BCUT2D eigenvalue weighted by Gasteiger charge is -1.95. The van der Waals surface area contributed by atoms with Crippen LogP contribution in [0.2, 0.25) is 0 Å². The van der Waals surface area contributed by atoms with Gasteiger partial charge in [-0.05, 0) is 41.1 Å². The predicted octanol–water partition coefficient (Wildman–Crippen LogP) is 3.41. The molecule has 0 unspecified atom stereocenters. The molecule has 0 spiro atoms.